The van der Waals surface area contributed by atoms with Crippen molar-refractivity contribution >= 4 is 12.0 Å². The molecule has 0 aromatic rings. The predicted octanol–water partition coefficient (Wildman–Crippen LogP) is 1.95. The Balaban J connectivity index is 3.78. The Labute approximate surface area is 121 Å². The SMILES string of the molecule is CCOCCN(C)C(=O)NCCC(CC)CCC(=O)O. The number of hydrogen-bond acceptors (Lipinski definition) is 3. The molecule has 2 amide bonds. The van der Waals surface area contributed by atoms with E-state index in [9.17, 15) is 9.59 Å². The summed E-state index contributed by atoms with van der Waals surface area (Å²) in [5.41, 5.74) is 0. The first-order valence-corrected chi connectivity index (χ1v) is 7.29. The molecule has 6 heteroatoms. The fourth-order valence-corrected chi connectivity index (χ4v) is 1.85. The van der Waals surface area contributed by atoms with Crippen molar-refractivity contribution in [2.24, 2.45) is 5.92 Å². The highest BCUT2D eigenvalue weighted by Gasteiger charge is 2.11. The number of amides is 2. The van der Waals surface area contributed by atoms with Crippen molar-refractivity contribution in [3.63, 3.8) is 0 Å². The second kappa shape index (κ2) is 11.5. The van der Waals surface area contributed by atoms with E-state index >= 15 is 0 Å². The number of ether oxygens (including phenoxy) is 1. The zero-order valence-corrected chi connectivity index (χ0v) is 12.9. The Morgan fingerprint density at radius 3 is 2.55 bits per heavy atom. The van der Waals surface area contributed by atoms with Crippen molar-refractivity contribution in [2.75, 3.05) is 33.4 Å². The zero-order chi connectivity index (χ0) is 15.4. The Morgan fingerprint density at radius 1 is 1.30 bits per heavy atom. The van der Waals surface area contributed by atoms with Crippen molar-refractivity contribution in [1.29, 1.82) is 0 Å². The molecule has 2 N–H and O–H groups in total. The fraction of sp³-hybridized carbons (Fsp3) is 0.857. The van der Waals surface area contributed by atoms with E-state index in [1.54, 1.807) is 11.9 Å². The number of likely N-dealkylation sites (N-methyl/N-ethyl adjacent to an activating group) is 1. The molecule has 0 heterocycles. The number of urea groups is 1. The minimum absolute atomic E-state index is 0.113. The van der Waals surface area contributed by atoms with E-state index in [-0.39, 0.29) is 12.5 Å². The number of carbonyl (C=O) groups is 2. The van der Waals surface area contributed by atoms with Gasteiger partial charge in [0.1, 0.15) is 0 Å². The first kappa shape index (κ1) is 18.7. The Morgan fingerprint density at radius 2 is 2.00 bits per heavy atom. The van der Waals surface area contributed by atoms with Gasteiger partial charge in [0.05, 0.1) is 6.61 Å². The van der Waals surface area contributed by atoms with Gasteiger partial charge in [-0.3, -0.25) is 4.79 Å². The quantitative estimate of drug-likeness (QED) is 0.570. The maximum absolute atomic E-state index is 11.7. The molecule has 0 saturated heterocycles. The lowest BCUT2D eigenvalue weighted by Crippen LogP contribution is -2.39. The van der Waals surface area contributed by atoms with Gasteiger partial charge in [0, 0.05) is 33.2 Å². The number of carboxylic acid groups (broad SMARTS) is 1. The van der Waals surface area contributed by atoms with Crippen LogP contribution in [0.3, 0.4) is 0 Å². The number of nitrogens with zero attached hydrogens (tertiary/aromatic N) is 1. The van der Waals surface area contributed by atoms with Crippen LogP contribution in [0.2, 0.25) is 0 Å². The van der Waals surface area contributed by atoms with Crippen LogP contribution >= 0.6 is 0 Å². The monoisotopic (exact) mass is 288 g/mol. The third-order valence-electron chi connectivity index (χ3n) is 3.29. The van der Waals surface area contributed by atoms with Crippen LogP contribution in [0.1, 0.15) is 39.5 Å². The highest BCUT2D eigenvalue weighted by Crippen LogP contribution is 2.14. The van der Waals surface area contributed by atoms with E-state index in [1.165, 1.54) is 0 Å². The maximum Gasteiger partial charge on any atom is 0.317 e. The van der Waals surface area contributed by atoms with Gasteiger partial charge in [-0.1, -0.05) is 13.3 Å². The van der Waals surface area contributed by atoms with Crippen molar-refractivity contribution in [2.45, 2.75) is 39.5 Å². The fourth-order valence-electron chi connectivity index (χ4n) is 1.85. The minimum Gasteiger partial charge on any atom is -0.481 e. The van der Waals surface area contributed by atoms with Crippen LogP contribution in [0.25, 0.3) is 0 Å². The molecule has 0 aliphatic carbocycles. The van der Waals surface area contributed by atoms with Gasteiger partial charge in [-0.15, -0.1) is 0 Å². The van der Waals surface area contributed by atoms with Crippen LogP contribution in [0.15, 0.2) is 0 Å². The summed E-state index contributed by atoms with van der Waals surface area (Å²) in [5.74, 6) is -0.414. The van der Waals surface area contributed by atoms with Gasteiger partial charge in [0.2, 0.25) is 0 Å². The summed E-state index contributed by atoms with van der Waals surface area (Å²) < 4.78 is 5.19. The molecule has 118 valence electrons. The largest absolute Gasteiger partial charge is 0.481 e. The van der Waals surface area contributed by atoms with E-state index in [2.05, 4.69) is 5.32 Å². The molecule has 6 nitrogen and oxygen atoms in total. The average molecular weight is 288 g/mol. The second-order valence-electron chi connectivity index (χ2n) is 4.85. The summed E-state index contributed by atoms with van der Waals surface area (Å²) in [6, 6.07) is -0.113. The molecule has 0 aromatic carbocycles. The molecule has 0 fully saturated rings. The van der Waals surface area contributed by atoms with Crippen molar-refractivity contribution in [1.82, 2.24) is 10.2 Å². The van der Waals surface area contributed by atoms with E-state index in [4.69, 9.17) is 9.84 Å². The van der Waals surface area contributed by atoms with Gasteiger partial charge in [-0.25, -0.2) is 4.79 Å². The van der Waals surface area contributed by atoms with Crippen molar-refractivity contribution in [3.05, 3.63) is 0 Å². The molecule has 0 aliphatic heterocycles. The van der Waals surface area contributed by atoms with Crippen molar-refractivity contribution in [3.8, 4) is 0 Å². The maximum atomic E-state index is 11.7. The zero-order valence-electron chi connectivity index (χ0n) is 12.9. The number of rotatable bonds is 11. The van der Waals surface area contributed by atoms with Gasteiger partial charge >= 0.3 is 12.0 Å². The smallest absolute Gasteiger partial charge is 0.317 e. The highest BCUT2D eigenvalue weighted by atomic mass is 16.5. The molecule has 0 bridgehead atoms. The third kappa shape index (κ3) is 9.61. The molecule has 1 unspecified atom stereocenters. The molecule has 0 spiro atoms. The molecule has 20 heavy (non-hydrogen) atoms. The van der Waals surface area contributed by atoms with Crippen LogP contribution in [0.5, 0.6) is 0 Å². The minimum atomic E-state index is -0.761. The second-order valence-corrected chi connectivity index (χ2v) is 4.85. The summed E-state index contributed by atoms with van der Waals surface area (Å²) in [6.07, 6.45) is 2.61. The molecular weight excluding hydrogens is 260 g/mol. The Kier molecular flexibility index (Phi) is 10.8. The topological polar surface area (TPSA) is 78.9 Å². The lowest BCUT2D eigenvalue weighted by molar-refractivity contribution is -0.137. The average Bonchev–Trinajstić information content (AvgIpc) is 2.42. The van der Waals surface area contributed by atoms with Crippen LogP contribution in [0, 0.1) is 5.92 Å². The summed E-state index contributed by atoms with van der Waals surface area (Å²) in [5, 5.41) is 11.5. The van der Waals surface area contributed by atoms with Gasteiger partial charge < -0.3 is 20.1 Å². The van der Waals surface area contributed by atoms with Gasteiger partial charge in [-0.05, 0) is 25.7 Å². The van der Waals surface area contributed by atoms with Crippen LogP contribution in [-0.4, -0.2) is 55.4 Å². The van der Waals surface area contributed by atoms with Crippen LogP contribution in [0.4, 0.5) is 4.79 Å². The molecule has 0 aromatic heterocycles. The molecule has 0 aliphatic rings. The number of aliphatic carboxylic acids is 1. The summed E-state index contributed by atoms with van der Waals surface area (Å²) in [7, 11) is 1.73. The number of nitrogens with one attached hydrogen (secondary N) is 1. The Hall–Kier alpha value is -1.30. The normalized spacial score (nSPS) is 11.9. The van der Waals surface area contributed by atoms with E-state index in [0.29, 0.717) is 38.6 Å². The van der Waals surface area contributed by atoms with E-state index in [0.717, 1.165) is 12.8 Å². The van der Waals surface area contributed by atoms with Crippen molar-refractivity contribution < 1.29 is 19.4 Å². The highest BCUT2D eigenvalue weighted by molar-refractivity contribution is 5.73. The predicted molar refractivity (Wildman–Crippen MR) is 77.8 cm³/mol. The van der Waals surface area contributed by atoms with Gasteiger partial charge in [0.15, 0.2) is 0 Å². The summed E-state index contributed by atoms with van der Waals surface area (Å²) in [4.78, 5) is 23.9. The van der Waals surface area contributed by atoms with Crippen LogP contribution < -0.4 is 5.32 Å². The standard InChI is InChI=1S/C14H28N2O4/c1-4-12(6-7-13(17)18)8-9-15-14(19)16(3)10-11-20-5-2/h12H,4-11H2,1-3H3,(H,15,19)(H,17,18). The lowest BCUT2D eigenvalue weighted by atomic mass is 9.97. The Bertz CT molecular complexity index is 284. The van der Waals surface area contributed by atoms with E-state index in [1.807, 2.05) is 13.8 Å². The van der Waals surface area contributed by atoms with E-state index < -0.39 is 5.97 Å². The lowest BCUT2D eigenvalue weighted by Gasteiger charge is -2.19. The molecule has 0 radical (unpaired) electrons. The molecule has 0 saturated carbocycles. The first-order valence-electron chi connectivity index (χ1n) is 7.29. The summed E-state index contributed by atoms with van der Waals surface area (Å²) in [6.45, 7) is 6.30. The van der Waals surface area contributed by atoms with Gasteiger partial charge in [0.25, 0.3) is 0 Å². The summed E-state index contributed by atoms with van der Waals surface area (Å²) >= 11 is 0. The third-order valence-corrected chi connectivity index (χ3v) is 3.29. The first-order chi connectivity index (χ1) is 9.51. The number of hydrogen-bond donors (Lipinski definition) is 2. The molecule has 0 rings (SSSR count). The molecule has 1 atom stereocenters. The number of carboxylic acids is 1. The molecular formula is C14H28N2O4. The number of carbonyl (C=O) groups excluding carboxylic acids is 1. The van der Waals surface area contributed by atoms with Gasteiger partial charge in [-0.2, -0.15) is 0 Å². The van der Waals surface area contributed by atoms with Crippen LogP contribution in [-0.2, 0) is 9.53 Å².